The molecule has 0 N–H and O–H groups in total. The zero-order valence-corrected chi connectivity index (χ0v) is 17.2. The number of rotatable bonds is 4. The second kappa shape index (κ2) is 8.40. The minimum absolute atomic E-state index is 0.0573. The Morgan fingerprint density at radius 3 is 2.56 bits per heavy atom. The van der Waals surface area contributed by atoms with E-state index in [0.29, 0.717) is 31.1 Å². The summed E-state index contributed by atoms with van der Waals surface area (Å²) >= 11 is 7.48. The number of ketones is 1. The first-order valence-electron chi connectivity index (χ1n) is 8.88. The molecule has 27 heavy (non-hydrogen) atoms. The fraction of sp³-hybridized carbons (Fsp3) is 0.400. The van der Waals surface area contributed by atoms with Crippen molar-refractivity contribution in [3.8, 4) is 0 Å². The van der Waals surface area contributed by atoms with Gasteiger partial charge in [-0.25, -0.2) is 9.97 Å². The molecule has 0 saturated carbocycles. The zero-order valence-electron chi connectivity index (χ0n) is 15.7. The summed E-state index contributed by atoms with van der Waals surface area (Å²) < 4.78 is 0. The van der Waals surface area contributed by atoms with Gasteiger partial charge in [-0.15, -0.1) is 0 Å². The lowest BCUT2D eigenvalue weighted by Gasteiger charge is -2.31. The summed E-state index contributed by atoms with van der Waals surface area (Å²) in [4.78, 5) is 35.7. The molecular formula is C20H22ClN3O2S. The molecular weight excluding hydrogens is 382 g/mol. The molecule has 2 heterocycles. The summed E-state index contributed by atoms with van der Waals surface area (Å²) in [6.45, 7) is 5.04. The van der Waals surface area contributed by atoms with Gasteiger partial charge in [0.15, 0.2) is 16.6 Å². The summed E-state index contributed by atoms with van der Waals surface area (Å²) in [5.74, 6) is -0.0856. The number of aryl methyl sites for hydroxylation is 2. The lowest BCUT2D eigenvalue weighted by atomic mass is 9.87. The van der Waals surface area contributed by atoms with E-state index in [4.69, 9.17) is 11.6 Å². The maximum atomic E-state index is 12.9. The predicted octanol–water partition coefficient (Wildman–Crippen LogP) is 4.20. The van der Waals surface area contributed by atoms with Crippen LogP contribution in [0.15, 0.2) is 29.6 Å². The van der Waals surface area contributed by atoms with E-state index < -0.39 is 0 Å². The van der Waals surface area contributed by atoms with E-state index in [-0.39, 0.29) is 28.3 Å². The Labute approximate surface area is 168 Å². The number of likely N-dealkylation sites (tertiary alicyclic amines) is 1. The molecule has 1 saturated heterocycles. The highest BCUT2D eigenvalue weighted by atomic mass is 35.5. The number of aromatic nitrogens is 2. The van der Waals surface area contributed by atoms with Crippen LogP contribution in [0.4, 0.5) is 0 Å². The van der Waals surface area contributed by atoms with E-state index in [1.165, 1.54) is 18.0 Å². The molecule has 2 aromatic rings. The van der Waals surface area contributed by atoms with Crippen LogP contribution in [-0.4, -0.2) is 45.9 Å². The van der Waals surface area contributed by atoms with Crippen LogP contribution in [0.5, 0.6) is 0 Å². The molecule has 7 heteroatoms. The normalized spacial score (nSPS) is 15.0. The third-order valence-corrected chi connectivity index (χ3v) is 5.75. The Kier molecular flexibility index (Phi) is 6.17. The lowest BCUT2D eigenvalue weighted by Crippen LogP contribution is -2.40. The fourth-order valence-electron chi connectivity index (χ4n) is 3.40. The maximum absolute atomic E-state index is 12.9. The SMILES string of the molecule is CSc1ncc(Cl)c(C(=O)N2CCC(C(=O)c3ccc(C)cc3C)CC2)n1. The number of Topliss-reactive ketones (excluding diaryl/α,β-unsaturated/α-hetero) is 1. The van der Waals surface area contributed by atoms with Crippen molar-refractivity contribution in [3.05, 3.63) is 51.8 Å². The van der Waals surface area contributed by atoms with Crippen molar-refractivity contribution >= 4 is 35.1 Å². The standard InChI is InChI=1S/C20H22ClN3O2S/c1-12-4-5-15(13(2)10-12)18(25)14-6-8-24(9-7-14)19(26)17-16(21)11-22-20(23-17)27-3/h4-5,10-11,14H,6-9H2,1-3H3. The largest absolute Gasteiger partial charge is 0.337 e. The average Bonchev–Trinajstić information content (AvgIpc) is 2.67. The molecule has 0 radical (unpaired) electrons. The van der Waals surface area contributed by atoms with Crippen molar-refractivity contribution in [1.82, 2.24) is 14.9 Å². The van der Waals surface area contributed by atoms with Crippen molar-refractivity contribution in [1.29, 1.82) is 0 Å². The Bertz CT molecular complexity index is 880. The van der Waals surface area contributed by atoms with Crippen LogP contribution in [0.1, 0.15) is 44.8 Å². The number of halogens is 1. The number of carbonyl (C=O) groups excluding carboxylic acids is 2. The van der Waals surface area contributed by atoms with Crippen LogP contribution in [-0.2, 0) is 0 Å². The van der Waals surface area contributed by atoms with Crippen molar-refractivity contribution < 1.29 is 9.59 Å². The molecule has 3 rings (SSSR count). The van der Waals surface area contributed by atoms with Crippen molar-refractivity contribution in [2.24, 2.45) is 5.92 Å². The number of nitrogens with zero attached hydrogens (tertiary/aromatic N) is 3. The Morgan fingerprint density at radius 2 is 1.93 bits per heavy atom. The topological polar surface area (TPSA) is 63.2 Å². The van der Waals surface area contributed by atoms with Crippen LogP contribution in [0.3, 0.4) is 0 Å². The number of hydrogen-bond donors (Lipinski definition) is 0. The first-order valence-corrected chi connectivity index (χ1v) is 10.5. The molecule has 1 aromatic heterocycles. The summed E-state index contributed by atoms with van der Waals surface area (Å²) in [6.07, 6.45) is 4.61. The Morgan fingerprint density at radius 1 is 1.22 bits per heavy atom. The van der Waals surface area contributed by atoms with Crippen LogP contribution in [0, 0.1) is 19.8 Å². The van der Waals surface area contributed by atoms with Gasteiger partial charge in [-0.2, -0.15) is 0 Å². The van der Waals surface area contributed by atoms with Gasteiger partial charge in [0.05, 0.1) is 11.2 Å². The van der Waals surface area contributed by atoms with E-state index in [1.807, 2.05) is 38.3 Å². The number of hydrogen-bond acceptors (Lipinski definition) is 5. The van der Waals surface area contributed by atoms with E-state index in [0.717, 1.165) is 16.7 Å². The van der Waals surface area contributed by atoms with E-state index in [1.54, 1.807) is 4.90 Å². The van der Waals surface area contributed by atoms with E-state index in [9.17, 15) is 9.59 Å². The summed E-state index contributed by atoms with van der Waals surface area (Å²) in [6, 6.07) is 5.92. The quantitative estimate of drug-likeness (QED) is 0.435. The average molecular weight is 404 g/mol. The molecule has 0 bridgehead atoms. The highest BCUT2D eigenvalue weighted by Gasteiger charge is 2.30. The smallest absolute Gasteiger partial charge is 0.274 e. The molecule has 1 amide bonds. The molecule has 5 nitrogen and oxygen atoms in total. The van der Waals surface area contributed by atoms with E-state index in [2.05, 4.69) is 9.97 Å². The molecule has 1 fully saturated rings. The number of piperidine rings is 1. The molecule has 1 aliphatic heterocycles. The highest BCUT2D eigenvalue weighted by molar-refractivity contribution is 7.98. The van der Waals surface area contributed by atoms with Crippen LogP contribution < -0.4 is 0 Å². The Hall–Kier alpha value is -1.92. The van der Waals surface area contributed by atoms with Crippen LogP contribution in [0.25, 0.3) is 0 Å². The number of carbonyl (C=O) groups is 2. The molecule has 0 spiro atoms. The van der Waals surface area contributed by atoms with Gasteiger partial charge in [-0.1, -0.05) is 47.1 Å². The van der Waals surface area contributed by atoms with Gasteiger partial charge in [0.1, 0.15) is 0 Å². The molecule has 0 aliphatic carbocycles. The van der Waals surface area contributed by atoms with Gasteiger partial charge in [-0.3, -0.25) is 9.59 Å². The van der Waals surface area contributed by atoms with E-state index >= 15 is 0 Å². The zero-order chi connectivity index (χ0) is 19.6. The minimum atomic E-state index is -0.199. The van der Waals surface area contributed by atoms with Gasteiger partial charge in [-0.05, 0) is 38.5 Å². The summed E-state index contributed by atoms with van der Waals surface area (Å²) in [5, 5.41) is 0.772. The minimum Gasteiger partial charge on any atom is -0.337 e. The molecule has 142 valence electrons. The fourth-order valence-corrected chi connectivity index (χ4v) is 3.92. The van der Waals surface area contributed by atoms with Crippen molar-refractivity contribution in [3.63, 3.8) is 0 Å². The third-order valence-electron chi connectivity index (χ3n) is 4.91. The van der Waals surface area contributed by atoms with Gasteiger partial charge in [0.2, 0.25) is 0 Å². The molecule has 1 aliphatic rings. The first kappa shape index (κ1) is 19.8. The number of thioether (sulfide) groups is 1. The third kappa shape index (κ3) is 4.33. The van der Waals surface area contributed by atoms with Gasteiger partial charge in [0, 0.05) is 24.6 Å². The first-order chi connectivity index (χ1) is 12.9. The second-order valence-corrected chi connectivity index (χ2v) is 7.98. The summed E-state index contributed by atoms with van der Waals surface area (Å²) in [7, 11) is 0. The van der Waals surface area contributed by atoms with Crippen molar-refractivity contribution in [2.45, 2.75) is 31.8 Å². The summed E-state index contributed by atoms with van der Waals surface area (Å²) in [5.41, 5.74) is 3.18. The van der Waals surface area contributed by atoms with Gasteiger partial charge >= 0.3 is 0 Å². The Balaban J connectivity index is 1.68. The number of benzene rings is 1. The number of amides is 1. The monoisotopic (exact) mass is 403 g/mol. The van der Waals surface area contributed by atoms with Crippen LogP contribution >= 0.6 is 23.4 Å². The van der Waals surface area contributed by atoms with Crippen molar-refractivity contribution in [2.75, 3.05) is 19.3 Å². The molecule has 0 unspecified atom stereocenters. The highest BCUT2D eigenvalue weighted by Crippen LogP contribution is 2.26. The molecule has 0 atom stereocenters. The second-order valence-electron chi connectivity index (χ2n) is 6.80. The predicted molar refractivity (Wildman–Crippen MR) is 108 cm³/mol. The van der Waals surface area contributed by atoms with Gasteiger partial charge < -0.3 is 4.90 Å². The van der Waals surface area contributed by atoms with Gasteiger partial charge in [0.25, 0.3) is 5.91 Å². The lowest BCUT2D eigenvalue weighted by molar-refractivity contribution is 0.0644. The van der Waals surface area contributed by atoms with Crippen LogP contribution in [0.2, 0.25) is 5.02 Å². The molecule has 1 aromatic carbocycles. The maximum Gasteiger partial charge on any atom is 0.274 e.